The fourth-order valence-corrected chi connectivity index (χ4v) is 2.78. The van der Waals surface area contributed by atoms with Crippen molar-refractivity contribution in [3.8, 4) is 5.75 Å². The Morgan fingerprint density at radius 1 is 1.41 bits per heavy atom. The molecule has 1 aliphatic rings. The molecule has 3 nitrogen and oxygen atoms in total. The molecule has 17 heavy (non-hydrogen) atoms. The van der Waals surface area contributed by atoms with E-state index in [9.17, 15) is 4.79 Å². The Bertz CT molecular complexity index is 445. The molecule has 1 aromatic rings. The molecule has 1 aromatic carbocycles. The predicted molar refractivity (Wildman–Crippen MR) is 71.7 cm³/mol. The predicted octanol–water partition coefficient (Wildman–Crippen LogP) is 3.15. The van der Waals surface area contributed by atoms with Gasteiger partial charge >= 0.3 is 0 Å². The van der Waals surface area contributed by atoms with E-state index in [0.29, 0.717) is 0 Å². The molecule has 0 saturated carbocycles. The summed E-state index contributed by atoms with van der Waals surface area (Å²) < 4.78 is 6.24. The number of fused-ring (bicyclic) bond motifs is 1. The van der Waals surface area contributed by atoms with Crippen LogP contribution in [0.15, 0.2) is 16.6 Å². The highest BCUT2D eigenvalue weighted by molar-refractivity contribution is 9.10. The zero-order valence-corrected chi connectivity index (χ0v) is 11.7. The number of rotatable bonds is 1. The monoisotopic (exact) mass is 297 g/mol. The number of halogens is 1. The van der Waals surface area contributed by atoms with Gasteiger partial charge in [-0.05, 0) is 46.8 Å². The first-order chi connectivity index (χ1) is 8.13. The number of methoxy groups -OCH3 is 1. The topological polar surface area (TPSA) is 29.5 Å². The highest BCUT2D eigenvalue weighted by atomic mass is 79.9. The van der Waals surface area contributed by atoms with E-state index in [1.165, 1.54) is 5.56 Å². The Kier molecular flexibility index (Phi) is 3.72. The van der Waals surface area contributed by atoms with E-state index in [1.807, 2.05) is 11.0 Å². The summed E-state index contributed by atoms with van der Waals surface area (Å²) in [5.74, 6) is 0.870. The molecule has 92 valence electrons. The van der Waals surface area contributed by atoms with E-state index in [-0.39, 0.29) is 5.91 Å². The minimum atomic E-state index is 0.0949. The van der Waals surface area contributed by atoms with Gasteiger partial charge in [0, 0.05) is 19.5 Å². The number of anilines is 1. The second-order valence-corrected chi connectivity index (χ2v) is 5.10. The quantitative estimate of drug-likeness (QED) is 0.797. The fourth-order valence-electron chi connectivity index (χ4n) is 2.22. The van der Waals surface area contributed by atoms with E-state index in [0.717, 1.165) is 41.7 Å². The van der Waals surface area contributed by atoms with Crippen molar-refractivity contribution >= 4 is 27.5 Å². The molecule has 1 heterocycles. The standard InChI is InChI=1S/C13H16BrNO2/c1-9(16)15-6-4-3-5-10-7-11(14)13(17-2)8-12(10)15/h7-8H,3-6H2,1-2H3. The number of carbonyl (C=O) groups is 1. The Balaban J connectivity index is 2.52. The molecule has 0 radical (unpaired) electrons. The van der Waals surface area contributed by atoms with E-state index >= 15 is 0 Å². The van der Waals surface area contributed by atoms with Gasteiger partial charge in [0.2, 0.25) is 5.91 Å². The van der Waals surface area contributed by atoms with Crippen molar-refractivity contribution in [1.82, 2.24) is 0 Å². The molecule has 0 unspecified atom stereocenters. The third kappa shape index (κ3) is 2.46. The minimum Gasteiger partial charge on any atom is -0.495 e. The largest absolute Gasteiger partial charge is 0.495 e. The van der Waals surface area contributed by atoms with Crippen LogP contribution in [-0.4, -0.2) is 19.6 Å². The fraction of sp³-hybridized carbons (Fsp3) is 0.462. The maximum Gasteiger partial charge on any atom is 0.223 e. The Labute approximate surface area is 110 Å². The number of benzene rings is 1. The third-order valence-corrected chi connectivity index (χ3v) is 3.72. The molecule has 0 spiro atoms. The van der Waals surface area contributed by atoms with Gasteiger partial charge in [0.1, 0.15) is 5.75 Å². The van der Waals surface area contributed by atoms with Crippen molar-refractivity contribution in [3.63, 3.8) is 0 Å². The summed E-state index contributed by atoms with van der Waals surface area (Å²) in [6.07, 6.45) is 3.19. The number of amides is 1. The van der Waals surface area contributed by atoms with Gasteiger partial charge in [-0.15, -0.1) is 0 Å². The summed E-state index contributed by atoms with van der Waals surface area (Å²) in [6, 6.07) is 4.02. The Morgan fingerprint density at radius 3 is 2.82 bits per heavy atom. The highest BCUT2D eigenvalue weighted by Crippen LogP contribution is 2.35. The zero-order valence-electron chi connectivity index (χ0n) is 10.1. The lowest BCUT2D eigenvalue weighted by atomic mass is 10.1. The van der Waals surface area contributed by atoms with E-state index < -0.39 is 0 Å². The first kappa shape index (κ1) is 12.4. The van der Waals surface area contributed by atoms with Gasteiger partial charge in [0.05, 0.1) is 17.3 Å². The van der Waals surface area contributed by atoms with Gasteiger partial charge in [0.25, 0.3) is 0 Å². The van der Waals surface area contributed by atoms with Gasteiger partial charge in [-0.1, -0.05) is 0 Å². The molecular weight excluding hydrogens is 282 g/mol. The summed E-state index contributed by atoms with van der Waals surface area (Å²) in [7, 11) is 1.64. The molecule has 1 aliphatic heterocycles. The summed E-state index contributed by atoms with van der Waals surface area (Å²) >= 11 is 3.49. The van der Waals surface area contributed by atoms with Crippen LogP contribution in [0.4, 0.5) is 5.69 Å². The van der Waals surface area contributed by atoms with Crippen molar-refractivity contribution in [3.05, 3.63) is 22.2 Å². The molecule has 4 heteroatoms. The third-order valence-electron chi connectivity index (χ3n) is 3.10. The molecule has 0 bridgehead atoms. The number of ether oxygens (including phenoxy) is 1. The van der Waals surface area contributed by atoms with E-state index in [2.05, 4.69) is 22.0 Å². The number of aryl methyl sites for hydroxylation is 1. The van der Waals surface area contributed by atoms with Gasteiger partial charge in [-0.2, -0.15) is 0 Å². The minimum absolute atomic E-state index is 0.0949. The molecule has 0 saturated heterocycles. The lowest BCUT2D eigenvalue weighted by molar-refractivity contribution is -0.116. The van der Waals surface area contributed by atoms with Gasteiger partial charge in [-0.25, -0.2) is 0 Å². The zero-order chi connectivity index (χ0) is 12.4. The summed E-state index contributed by atoms with van der Waals surface area (Å²) in [4.78, 5) is 13.5. The number of nitrogens with zero attached hydrogens (tertiary/aromatic N) is 1. The molecular formula is C13H16BrNO2. The first-order valence-corrected chi connectivity index (χ1v) is 6.57. The van der Waals surface area contributed by atoms with Gasteiger partial charge in [-0.3, -0.25) is 4.79 Å². The van der Waals surface area contributed by atoms with E-state index in [4.69, 9.17) is 4.74 Å². The number of hydrogen-bond donors (Lipinski definition) is 0. The normalized spacial score (nSPS) is 15.1. The number of hydrogen-bond acceptors (Lipinski definition) is 2. The summed E-state index contributed by atoms with van der Waals surface area (Å²) in [5, 5.41) is 0. The van der Waals surface area contributed by atoms with Crippen molar-refractivity contribution in [2.45, 2.75) is 26.2 Å². The summed E-state index contributed by atoms with van der Waals surface area (Å²) in [6.45, 7) is 2.41. The molecule has 0 fully saturated rings. The molecule has 2 rings (SSSR count). The first-order valence-electron chi connectivity index (χ1n) is 5.78. The molecule has 0 aliphatic carbocycles. The van der Waals surface area contributed by atoms with Crippen molar-refractivity contribution < 1.29 is 9.53 Å². The second-order valence-electron chi connectivity index (χ2n) is 4.24. The van der Waals surface area contributed by atoms with Crippen LogP contribution in [0.2, 0.25) is 0 Å². The average molecular weight is 298 g/mol. The van der Waals surface area contributed by atoms with Crippen LogP contribution in [-0.2, 0) is 11.2 Å². The molecule has 1 amide bonds. The molecule has 0 aromatic heterocycles. The van der Waals surface area contributed by atoms with Crippen molar-refractivity contribution in [1.29, 1.82) is 0 Å². The smallest absolute Gasteiger partial charge is 0.223 e. The Morgan fingerprint density at radius 2 is 2.18 bits per heavy atom. The van der Waals surface area contributed by atoms with Crippen LogP contribution in [0.25, 0.3) is 0 Å². The number of carbonyl (C=O) groups excluding carboxylic acids is 1. The second kappa shape index (κ2) is 5.08. The maximum absolute atomic E-state index is 11.7. The lowest BCUT2D eigenvalue weighted by Crippen LogP contribution is -2.29. The van der Waals surface area contributed by atoms with Crippen molar-refractivity contribution in [2.24, 2.45) is 0 Å². The van der Waals surface area contributed by atoms with Gasteiger partial charge in [0.15, 0.2) is 0 Å². The van der Waals surface area contributed by atoms with Crippen LogP contribution < -0.4 is 9.64 Å². The summed E-state index contributed by atoms with van der Waals surface area (Å²) in [5.41, 5.74) is 2.21. The van der Waals surface area contributed by atoms with Crippen LogP contribution in [0, 0.1) is 0 Å². The maximum atomic E-state index is 11.7. The SMILES string of the molecule is COc1cc2c(cc1Br)CCCCN2C(C)=O. The van der Waals surface area contributed by atoms with Crippen LogP contribution in [0.3, 0.4) is 0 Å². The molecule has 0 N–H and O–H groups in total. The lowest BCUT2D eigenvalue weighted by Gasteiger charge is -2.22. The van der Waals surface area contributed by atoms with Crippen LogP contribution in [0.5, 0.6) is 5.75 Å². The van der Waals surface area contributed by atoms with Crippen LogP contribution in [0.1, 0.15) is 25.3 Å². The van der Waals surface area contributed by atoms with E-state index in [1.54, 1.807) is 14.0 Å². The van der Waals surface area contributed by atoms with Crippen molar-refractivity contribution in [2.75, 3.05) is 18.6 Å². The highest BCUT2D eigenvalue weighted by Gasteiger charge is 2.20. The Hall–Kier alpha value is -1.03. The average Bonchev–Trinajstić information content (AvgIpc) is 2.49. The molecule has 0 atom stereocenters. The van der Waals surface area contributed by atoms with Gasteiger partial charge < -0.3 is 9.64 Å². The van der Waals surface area contributed by atoms with Crippen LogP contribution >= 0.6 is 15.9 Å².